The molecule has 0 saturated carbocycles. The van der Waals surface area contributed by atoms with Crippen LogP contribution in [0.4, 0.5) is 11.9 Å². The summed E-state index contributed by atoms with van der Waals surface area (Å²) in [7, 11) is 0. The van der Waals surface area contributed by atoms with Crippen molar-refractivity contribution < 1.29 is 15.3 Å². The molecule has 0 radical (unpaired) electrons. The lowest BCUT2D eigenvalue weighted by atomic mass is 10.1. The first-order chi connectivity index (χ1) is 27.2. The van der Waals surface area contributed by atoms with Gasteiger partial charge in [-0.15, -0.1) is 0 Å². The minimum atomic E-state index is 0.322. The van der Waals surface area contributed by atoms with E-state index in [0.29, 0.717) is 29.1 Å². The predicted molar refractivity (Wildman–Crippen MR) is 239 cm³/mol. The maximum Gasteiger partial charge on any atom is 0.227 e. The monoisotopic (exact) mass is 762 g/mol. The number of anilines is 2. The van der Waals surface area contributed by atoms with Gasteiger partial charge in [0.2, 0.25) is 11.9 Å². The van der Waals surface area contributed by atoms with Gasteiger partial charge in [-0.25, -0.2) is 0 Å². The summed E-state index contributed by atoms with van der Waals surface area (Å²) >= 11 is 0. The Morgan fingerprint density at radius 2 is 0.607 bits per heavy atom. The van der Waals surface area contributed by atoms with Crippen molar-refractivity contribution in [2.45, 2.75) is 88.0 Å². The second-order valence-electron chi connectivity index (χ2n) is 11.6. The molecule has 6 aromatic rings. The number of nitrogens with zero attached hydrogens (tertiary/aromatic N) is 3. The number of aromatic nitrogens is 3. The number of aromatic hydroxyl groups is 3. The van der Waals surface area contributed by atoms with Crippen molar-refractivity contribution in [1.29, 1.82) is 0 Å². The number of benzene rings is 5. The lowest BCUT2D eigenvalue weighted by Gasteiger charge is -2.05. The first kappa shape index (κ1) is 50.1. The van der Waals surface area contributed by atoms with Crippen molar-refractivity contribution >= 4 is 11.9 Å². The minimum absolute atomic E-state index is 0.322. The number of hydrogen-bond donors (Lipinski definition) is 5. The third-order valence-electron chi connectivity index (χ3n) is 7.36. The number of para-hydroxylation sites is 3. The van der Waals surface area contributed by atoms with Gasteiger partial charge >= 0.3 is 0 Å². The highest BCUT2D eigenvalue weighted by Crippen LogP contribution is 2.07. The summed E-state index contributed by atoms with van der Waals surface area (Å²) in [6.07, 6.45) is 4.57. The minimum Gasteiger partial charge on any atom is -0.508 e. The summed E-state index contributed by atoms with van der Waals surface area (Å²) in [4.78, 5) is 12.4. The molecule has 0 bridgehead atoms. The van der Waals surface area contributed by atoms with Crippen LogP contribution in [-0.4, -0.2) is 43.4 Å². The van der Waals surface area contributed by atoms with Crippen LogP contribution in [0.3, 0.4) is 0 Å². The fourth-order valence-electron chi connectivity index (χ4n) is 4.26. The Hall–Kier alpha value is -5.89. The van der Waals surface area contributed by atoms with E-state index < -0.39 is 0 Å². The van der Waals surface area contributed by atoms with Crippen molar-refractivity contribution in [2.24, 2.45) is 0 Å². The van der Waals surface area contributed by atoms with E-state index in [9.17, 15) is 0 Å². The highest BCUT2D eigenvalue weighted by atomic mass is 16.3. The van der Waals surface area contributed by atoms with E-state index in [2.05, 4.69) is 102 Å². The number of hydrogen-bond acceptors (Lipinski definition) is 8. The van der Waals surface area contributed by atoms with Crippen LogP contribution < -0.4 is 10.6 Å². The van der Waals surface area contributed by atoms with E-state index in [1.165, 1.54) is 22.3 Å². The first-order valence-corrected chi connectivity index (χ1v) is 19.8. The average molecular weight is 762 g/mol. The van der Waals surface area contributed by atoms with E-state index in [4.69, 9.17) is 15.3 Å². The van der Waals surface area contributed by atoms with Crippen LogP contribution in [0.25, 0.3) is 0 Å². The van der Waals surface area contributed by atoms with Crippen LogP contribution in [-0.2, 0) is 25.7 Å². The Morgan fingerprint density at radius 1 is 0.375 bits per heavy atom. The third-order valence-corrected chi connectivity index (χ3v) is 7.36. The average Bonchev–Trinajstić information content (AvgIpc) is 3.24. The maximum absolute atomic E-state index is 8.63. The lowest BCUT2D eigenvalue weighted by molar-refractivity contribution is 0.475. The molecular formula is C48H67N5O3. The van der Waals surface area contributed by atoms with Gasteiger partial charge in [0.25, 0.3) is 0 Å². The summed E-state index contributed by atoms with van der Waals surface area (Å²) in [5.74, 6) is 2.95. The van der Waals surface area contributed by atoms with Gasteiger partial charge in [-0.2, -0.15) is 15.0 Å². The molecule has 0 atom stereocenters. The summed E-state index contributed by atoms with van der Waals surface area (Å²) in [5, 5.41) is 32.0. The second kappa shape index (κ2) is 33.7. The van der Waals surface area contributed by atoms with Crippen LogP contribution >= 0.6 is 0 Å². The molecule has 0 aliphatic rings. The first-order valence-electron chi connectivity index (χ1n) is 19.8. The zero-order valence-electron chi connectivity index (χ0n) is 35.2. The van der Waals surface area contributed by atoms with E-state index >= 15 is 0 Å². The van der Waals surface area contributed by atoms with E-state index in [-0.39, 0.29) is 0 Å². The molecular weight excluding hydrogens is 695 g/mol. The van der Waals surface area contributed by atoms with Gasteiger partial charge in [-0.05, 0) is 105 Å². The molecule has 302 valence electrons. The van der Waals surface area contributed by atoms with Gasteiger partial charge in [0.15, 0.2) is 0 Å². The van der Waals surface area contributed by atoms with Crippen LogP contribution in [0.15, 0.2) is 140 Å². The van der Waals surface area contributed by atoms with E-state index in [1.54, 1.807) is 72.8 Å². The lowest BCUT2D eigenvalue weighted by Crippen LogP contribution is -2.09. The standard InChI is InChI=1S/2C10H14.C8H15N5.3C6H6O.C2H6/c2*1-3-9-5-7-10(4-2)8-6-9;1-4-9-7-11-6(3)12-8(13-7)10-5-2;3*7-6-4-2-1-3-5-6;1-2/h2*5-8H,3-4H2,1-2H3;4-5H2,1-3H3,(H2,9,10,11,12,13);3*1-5,7H;1-2H3. The van der Waals surface area contributed by atoms with Gasteiger partial charge in [-0.3, -0.25) is 0 Å². The van der Waals surface area contributed by atoms with Crippen LogP contribution in [0.1, 0.15) is 83.5 Å². The molecule has 0 spiro atoms. The van der Waals surface area contributed by atoms with Crippen LogP contribution in [0, 0.1) is 6.92 Å². The van der Waals surface area contributed by atoms with Gasteiger partial charge < -0.3 is 26.0 Å². The maximum atomic E-state index is 8.63. The SMILES string of the molecule is CC.CCNc1nc(C)nc(NCC)n1.CCc1ccc(CC)cc1.CCc1ccc(CC)cc1.Oc1ccccc1.Oc1ccccc1.Oc1ccccc1. The van der Waals surface area contributed by atoms with Crippen LogP contribution in [0.2, 0.25) is 0 Å². The topological polar surface area (TPSA) is 123 Å². The van der Waals surface area contributed by atoms with Crippen LogP contribution in [0.5, 0.6) is 17.2 Å². The largest absolute Gasteiger partial charge is 0.508 e. The number of rotatable bonds is 8. The number of nitrogens with one attached hydrogen (secondary N) is 2. The fourth-order valence-corrected chi connectivity index (χ4v) is 4.26. The van der Waals surface area contributed by atoms with Crippen molar-refractivity contribution in [2.75, 3.05) is 23.7 Å². The number of aryl methyl sites for hydroxylation is 5. The summed E-state index contributed by atoms with van der Waals surface area (Å²) in [6, 6.07) is 43.8. The molecule has 5 N–H and O–H groups in total. The van der Waals surface area contributed by atoms with Crippen molar-refractivity contribution in [3.05, 3.63) is 168 Å². The van der Waals surface area contributed by atoms with Gasteiger partial charge in [0.05, 0.1) is 0 Å². The Kier molecular flexibility index (Phi) is 30.1. The Balaban J connectivity index is 0.000000651. The molecule has 0 amide bonds. The summed E-state index contributed by atoms with van der Waals surface area (Å²) in [5.41, 5.74) is 5.71. The molecule has 8 heteroatoms. The quantitative estimate of drug-likeness (QED) is 0.104. The van der Waals surface area contributed by atoms with E-state index in [0.717, 1.165) is 44.6 Å². The Bertz CT molecular complexity index is 1530. The molecule has 0 aliphatic carbocycles. The highest BCUT2D eigenvalue weighted by Gasteiger charge is 2.00. The van der Waals surface area contributed by atoms with Gasteiger partial charge in [0.1, 0.15) is 23.1 Å². The Morgan fingerprint density at radius 3 is 0.768 bits per heavy atom. The second-order valence-corrected chi connectivity index (χ2v) is 11.6. The van der Waals surface area contributed by atoms with Crippen molar-refractivity contribution in [3.8, 4) is 17.2 Å². The highest BCUT2D eigenvalue weighted by molar-refractivity contribution is 5.34. The predicted octanol–water partition coefficient (Wildman–Crippen LogP) is 11.9. The summed E-state index contributed by atoms with van der Waals surface area (Å²) in [6.45, 7) is 20.2. The smallest absolute Gasteiger partial charge is 0.227 e. The molecule has 1 aromatic heterocycles. The zero-order chi connectivity index (χ0) is 41.8. The van der Waals surface area contributed by atoms with Crippen molar-refractivity contribution in [1.82, 2.24) is 15.0 Å². The fraction of sp³-hybridized carbons (Fsp3) is 0.312. The molecule has 0 unspecified atom stereocenters. The molecule has 0 saturated heterocycles. The molecule has 8 nitrogen and oxygen atoms in total. The molecule has 0 fully saturated rings. The Labute approximate surface area is 337 Å². The number of phenols is 3. The zero-order valence-corrected chi connectivity index (χ0v) is 35.2. The molecule has 0 aliphatic heterocycles. The number of phenolic OH excluding ortho intramolecular Hbond substituents is 3. The van der Waals surface area contributed by atoms with E-state index in [1.807, 2.05) is 52.8 Å². The van der Waals surface area contributed by atoms with Gasteiger partial charge in [-0.1, -0.05) is 145 Å². The molecule has 1 heterocycles. The normalized spacial score (nSPS) is 9.09. The molecule has 5 aromatic carbocycles. The third kappa shape index (κ3) is 26.0. The molecule has 6 rings (SSSR count). The summed E-state index contributed by atoms with van der Waals surface area (Å²) < 4.78 is 0. The van der Waals surface area contributed by atoms with Crippen molar-refractivity contribution in [3.63, 3.8) is 0 Å². The molecule has 56 heavy (non-hydrogen) atoms. The van der Waals surface area contributed by atoms with Gasteiger partial charge in [0, 0.05) is 13.1 Å².